The first-order valence-corrected chi connectivity index (χ1v) is 3.44. The van der Waals surface area contributed by atoms with E-state index >= 15 is 0 Å². The van der Waals surface area contributed by atoms with Gasteiger partial charge < -0.3 is 5.11 Å². The Bertz CT molecular complexity index is 80.0. The third kappa shape index (κ3) is 12.0. The van der Waals surface area contributed by atoms with Crippen molar-refractivity contribution in [1.82, 2.24) is 0 Å². The molecule has 1 nitrogen and oxygen atoms in total. The minimum Gasteiger partial charge on any atom is -0.152 e. The van der Waals surface area contributed by atoms with Crippen LogP contribution in [0.4, 0.5) is 0 Å². The molecule has 0 aromatic carbocycles. The standard InChI is InChI=1S/C4H4S.C2H6O.Na.H/c1-2-4-5-3-1;1-2-3;;/h1-4H;3H,2H2,1H3;;. The molecular formula is C6H11NaOS. The summed E-state index contributed by atoms with van der Waals surface area (Å²) in [7, 11) is 0. The van der Waals surface area contributed by atoms with Crippen LogP contribution in [-0.2, 0) is 0 Å². The Morgan fingerprint density at radius 3 is 1.78 bits per heavy atom. The number of thiophene rings is 1. The summed E-state index contributed by atoms with van der Waals surface area (Å²) in [6.45, 7) is 1.93. The smallest absolute Gasteiger partial charge is 0.00934 e. The van der Waals surface area contributed by atoms with Crippen molar-refractivity contribution in [2.45, 2.75) is 6.92 Å². The number of hydrogen-bond donors (Lipinski definition) is 1. The van der Waals surface area contributed by atoms with E-state index in [1.807, 2.05) is 22.9 Å². The summed E-state index contributed by atoms with van der Waals surface area (Å²) in [5.41, 5.74) is 0. The van der Waals surface area contributed by atoms with E-state index in [2.05, 4.69) is 0 Å². The van der Waals surface area contributed by atoms with Gasteiger partial charge in [-0.3, -0.25) is 0 Å². The second kappa shape index (κ2) is 11.5. The van der Waals surface area contributed by atoms with Crippen molar-refractivity contribution in [3.63, 3.8) is 0 Å². The summed E-state index contributed by atoms with van der Waals surface area (Å²) in [6.07, 6.45) is 0. The van der Waals surface area contributed by atoms with Gasteiger partial charge in [-0.2, -0.15) is 11.3 Å². The van der Waals surface area contributed by atoms with Crippen LogP contribution in [0.25, 0.3) is 0 Å². The molecule has 0 unspecified atom stereocenters. The van der Waals surface area contributed by atoms with Gasteiger partial charge in [-0.15, -0.1) is 0 Å². The Labute approximate surface area is 82.0 Å². The molecule has 48 valence electrons. The molecule has 0 saturated carbocycles. The van der Waals surface area contributed by atoms with Crippen LogP contribution >= 0.6 is 11.3 Å². The third-order valence-electron chi connectivity index (χ3n) is 0.425. The summed E-state index contributed by atoms with van der Waals surface area (Å²) in [6, 6.07) is 4.04. The van der Waals surface area contributed by atoms with Crippen LogP contribution in [0.2, 0.25) is 0 Å². The number of rotatable bonds is 0. The van der Waals surface area contributed by atoms with E-state index in [9.17, 15) is 0 Å². The largest absolute Gasteiger partial charge is 0.152 e. The number of aliphatic hydroxyl groups excluding tert-OH is 1. The summed E-state index contributed by atoms with van der Waals surface area (Å²) in [5, 5.41) is 11.7. The number of aliphatic hydroxyl groups is 1. The van der Waals surface area contributed by atoms with Gasteiger partial charge >= 0.3 is 29.6 Å². The molecule has 1 aromatic heterocycles. The topological polar surface area (TPSA) is 20.2 Å². The second-order valence-corrected chi connectivity index (χ2v) is 1.93. The van der Waals surface area contributed by atoms with Gasteiger partial charge in [0.05, 0.1) is 0 Å². The van der Waals surface area contributed by atoms with Gasteiger partial charge in [0.15, 0.2) is 0 Å². The molecule has 3 heteroatoms. The zero-order valence-corrected chi connectivity index (χ0v) is 5.69. The second-order valence-electron chi connectivity index (χ2n) is 1.11. The third-order valence-corrected chi connectivity index (χ3v) is 1.05. The zero-order chi connectivity index (χ0) is 6.24. The van der Waals surface area contributed by atoms with Crippen LogP contribution in [0.5, 0.6) is 0 Å². The predicted molar refractivity (Wildman–Crippen MR) is 44.2 cm³/mol. The van der Waals surface area contributed by atoms with Crippen molar-refractivity contribution in [1.29, 1.82) is 0 Å². The van der Waals surface area contributed by atoms with Crippen molar-refractivity contribution in [3.8, 4) is 0 Å². The normalized spacial score (nSPS) is 6.44. The van der Waals surface area contributed by atoms with Gasteiger partial charge in [0, 0.05) is 6.61 Å². The molecule has 0 amide bonds. The maximum atomic E-state index is 7.57. The molecule has 0 radical (unpaired) electrons. The summed E-state index contributed by atoms with van der Waals surface area (Å²) >= 11 is 1.71. The van der Waals surface area contributed by atoms with Crippen LogP contribution in [-0.4, -0.2) is 41.3 Å². The van der Waals surface area contributed by atoms with E-state index in [-0.39, 0.29) is 36.2 Å². The van der Waals surface area contributed by atoms with Crippen molar-refractivity contribution in [3.05, 3.63) is 22.9 Å². The van der Waals surface area contributed by atoms with Crippen LogP contribution in [0, 0.1) is 0 Å². The summed E-state index contributed by atoms with van der Waals surface area (Å²) in [5.74, 6) is 0. The molecular weight excluding hydrogens is 143 g/mol. The van der Waals surface area contributed by atoms with Crippen molar-refractivity contribution in [2.24, 2.45) is 0 Å². The van der Waals surface area contributed by atoms with E-state index in [0.29, 0.717) is 0 Å². The molecule has 0 saturated heterocycles. The minimum absolute atomic E-state index is 0. The summed E-state index contributed by atoms with van der Waals surface area (Å²) < 4.78 is 0. The average molecular weight is 154 g/mol. The van der Waals surface area contributed by atoms with Gasteiger partial charge in [0.25, 0.3) is 0 Å². The zero-order valence-electron chi connectivity index (χ0n) is 4.87. The van der Waals surface area contributed by atoms with E-state index < -0.39 is 0 Å². The first-order valence-electron chi connectivity index (χ1n) is 2.49. The molecule has 0 atom stereocenters. The Kier molecular flexibility index (Phi) is 15.7. The minimum atomic E-state index is 0. The molecule has 1 rings (SSSR count). The van der Waals surface area contributed by atoms with Gasteiger partial charge in [0.1, 0.15) is 0 Å². The molecule has 1 N–H and O–H groups in total. The van der Waals surface area contributed by atoms with E-state index in [4.69, 9.17) is 5.11 Å². The van der Waals surface area contributed by atoms with Crippen molar-refractivity contribution < 1.29 is 5.11 Å². The van der Waals surface area contributed by atoms with Gasteiger partial charge in [0.2, 0.25) is 0 Å². The molecule has 1 heterocycles. The van der Waals surface area contributed by atoms with Crippen molar-refractivity contribution >= 4 is 40.9 Å². The van der Waals surface area contributed by atoms with Crippen LogP contribution in [0.15, 0.2) is 22.9 Å². The Balaban J connectivity index is 0. The maximum Gasteiger partial charge on any atom is -0.00934 e. The molecule has 0 bridgehead atoms. The average Bonchev–Trinajstić information content (AvgIpc) is 2.17. The first-order chi connectivity index (χ1) is 3.91. The Hall–Kier alpha value is 0.660. The van der Waals surface area contributed by atoms with Crippen LogP contribution < -0.4 is 0 Å². The maximum absolute atomic E-state index is 7.57. The fourth-order valence-corrected chi connectivity index (χ4v) is 0.680. The Morgan fingerprint density at radius 1 is 1.33 bits per heavy atom. The van der Waals surface area contributed by atoms with E-state index in [0.717, 1.165) is 0 Å². The van der Waals surface area contributed by atoms with Gasteiger partial charge in [-0.05, 0) is 17.7 Å². The molecule has 0 aliphatic carbocycles. The predicted octanol–water partition coefficient (Wildman–Crippen LogP) is 1.10. The fourth-order valence-electron chi connectivity index (χ4n) is 0.227. The summed E-state index contributed by atoms with van der Waals surface area (Å²) in [4.78, 5) is 0. The number of hydrogen-bond acceptors (Lipinski definition) is 2. The SMILES string of the molecule is CCO.[NaH].c1ccsc1. The van der Waals surface area contributed by atoms with E-state index in [1.165, 1.54) is 0 Å². The van der Waals surface area contributed by atoms with E-state index in [1.54, 1.807) is 18.3 Å². The monoisotopic (exact) mass is 154 g/mol. The Morgan fingerprint density at radius 2 is 1.67 bits per heavy atom. The van der Waals surface area contributed by atoms with Crippen molar-refractivity contribution in [2.75, 3.05) is 6.61 Å². The van der Waals surface area contributed by atoms with Crippen LogP contribution in [0.3, 0.4) is 0 Å². The van der Waals surface area contributed by atoms with Crippen LogP contribution in [0.1, 0.15) is 6.92 Å². The molecule has 0 aliphatic rings. The molecule has 0 spiro atoms. The fraction of sp³-hybridized carbons (Fsp3) is 0.333. The van der Waals surface area contributed by atoms with Gasteiger partial charge in [-0.25, -0.2) is 0 Å². The first kappa shape index (κ1) is 12.3. The van der Waals surface area contributed by atoms with Gasteiger partial charge in [-0.1, -0.05) is 12.1 Å². The molecule has 0 fully saturated rings. The molecule has 9 heavy (non-hydrogen) atoms. The molecule has 0 aliphatic heterocycles. The molecule has 1 aromatic rings. The quantitative estimate of drug-likeness (QED) is 0.555.